The third-order valence-corrected chi connectivity index (χ3v) is 7.92. The molecule has 0 aliphatic carbocycles. The van der Waals surface area contributed by atoms with E-state index in [1.54, 1.807) is 49.5 Å². The molecular formula is C24H28N4O3S. The summed E-state index contributed by atoms with van der Waals surface area (Å²) in [7, 11) is -2.14. The van der Waals surface area contributed by atoms with E-state index in [0.29, 0.717) is 22.9 Å². The second-order valence-corrected chi connectivity index (χ2v) is 10.8. The number of nitrogens with zero attached hydrogens (tertiary/aromatic N) is 4. The van der Waals surface area contributed by atoms with E-state index in [2.05, 4.69) is 10.6 Å². The fourth-order valence-electron chi connectivity index (χ4n) is 4.10. The lowest BCUT2D eigenvalue weighted by molar-refractivity contribution is 0.0612. The highest BCUT2D eigenvalue weighted by atomic mass is 32.2. The minimum absolute atomic E-state index is 0.235. The highest BCUT2D eigenvalue weighted by Gasteiger charge is 2.30. The summed E-state index contributed by atoms with van der Waals surface area (Å²) in [4.78, 5) is 5.04. The summed E-state index contributed by atoms with van der Waals surface area (Å²) >= 11 is 0. The Kier molecular flexibility index (Phi) is 5.97. The monoisotopic (exact) mass is 452 g/mol. The Hall–Kier alpha value is -2.89. The molecule has 0 atom stereocenters. The highest BCUT2D eigenvalue weighted by Crippen LogP contribution is 2.32. The van der Waals surface area contributed by atoms with Crippen molar-refractivity contribution >= 4 is 26.7 Å². The Morgan fingerprint density at radius 2 is 1.88 bits per heavy atom. The summed E-state index contributed by atoms with van der Waals surface area (Å²) in [5, 5.41) is 9.77. The van der Waals surface area contributed by atoms with Gasteiger partial charge in [-0.3, -0.25) is 4.31 Å². The molecule has 1 saturated heterocycles. The third kappa shape index (κ3) is 4.10. The van der Waals surface area contributed by atoms with Crippen LogP contribution >= 0.6 is 0 Å². The van der Waals surface area contributed by atoms with Crippen LogP contribution in [0, 0.1) is 17.2 Å². The zero-order valence-electron chi connectivity index (χ0n) is 18.7. The van der Waals surface area contributed by atoms with Crippen LogP contribution in [-0.2, 0) is 26.7 Å². The van der Waals surface area contributed by atoms with Gasteiger partial charge in [-0.25, -0.2) is 13.4 Å². The Balaban J connectivity index is 1.76. The van der Waals surface area contributed by atoms with Crippen LogP contribution in [0.15, 0.2) is 53.4 Å². The number of aromatic nitrogens is 2. The average Bonchev–Trinajstić information content (AvgIpc) is 3.18. The van der Waals surface area contributed by atoms with Gasteiger partial charge in [-0.15, -0.1) is 0 Å². The molecule has 0 saturated carbocycles. The maximum Gasteiger partial charge on any atom is 0.264 e. The standard InChI is InChI=1S/C24H28N4O3S/c1-24(2,17-25)23-26-21-15-19(27(3)32(29,30)20-7-5-4-6-8-20)9-10-22(21)28(23)16-18-11-13-31-14-12-18/h4-10,15,18H,11-14,16H2,1-3H3. The average molecular weight is 453 g/mol. The lowest BCUT2D eigenvalue weighted by Crippen LogP contribution is -2.26. The van der Waals surface area contributed by atoms with Crippen LogP contribution in [0.3, 0.4) is 0 Å². The summed E-state index contributed by atoms with van der Waals surface area (Å²) < 4.78 is 35.0. The van der Waals surface area contributed by atoms with Gasteiger partial charge in [0.15, 0.2) is 0 Å². The molecular weight excluding hydrogens is 424 g/mol. The van der Waals surface area contributed by atoms with Crippen LogP contribution in [-0.4, -0.2) is 38.2 Å². The zero-order chi connectivity index (χ0) is 22.9. The molecule has 8 heteroatoms. The SMILES string of the molecule is CN(c1ccc2c(c1)nc(C(C)(C)C#N)n2CC1CCOCC1)S(=O)(=O)c1ccccc1. The molecule has 0 unspecified atom stereocenters. The second kappa shape index (κ2) is 8.57. The van der Waals surface area contributed by atoms with E-state index in [0.717, 1.165) is 38.1 Å². The van der Waals surface area contributed by atoms with Gasteiger partial charge in [0.2, 0.25) is 0 Å². The molecule has 0 radical (unpaired) electrons. The van der Waals surface area contributed by atoms with Crippen molar-refractivity contribution in [2.75, 3.05) is 24.6 Å². The van der Waals surface area contributed by atoms with Crippen molar-refractivity contribution in [1.82, 2.24) is 9.55 Å². The maximum absolute atomic E-state index is 13.1. The molecule has 4 rings (SSSR count). The molecule has 32 heavy (non-hydrogen) atoms. The van der Waals surface area contributed by atoms with Gasteiger partial charge >= 0.3 is 0 Å². The Labute approximate surface area is 189 Å². The van der Waals surface area contributed by atoms with Crippen LogP contribution in [0.4, 0.5) is 5.69 Å². The molecule has 2 heterocycles. The summed E-state index contributed by atoms with van der Waals surface area (Å²) in [6.07, 6.45) is 1.95. The van der Waals surface area contributed by atoms with Gasteiger partial charge in [-0.2, -0.15) is 5.26 Å². The van der Waals surface area contributed by atoms with E-state index in [9.17, 15) is 13.7 Å². The Morgan fingerprint density at radius 1 is 1.19 bits per heavy atom. The number of hydrogen-bond donors (Lipinski definition) is 0. The number of anilines is 1. The van der Waals surface area contributed by atoms with Gasteiger partial charge in [0, 0.05) is 26.8 Å². The fraction of sp³-hybridized carbons (Fsp3) is 0.417. The lowest BCUT2D eigenvalue weighted by atomic mass is 9.93. The van der Waals surface area contributed by atoms with E-state index in [1.807, 2.05) is 19.9 Å². The molecule has 1 aliphatic rings. The molecule has 0 spiro atoms. The molecule has 0 N–H and O–H groups in total. The number of nitriles is 1. The van der Waals surface area contributed by atoms with Gasteiger partial charge in [0.1, 0.15) is 11.2 Å². The first-order chi connectivity index (χ1) is 15.2. The molecule has 168 valence electrons. The first kappa shape index (κ1) is 22.3. The summed E-state index contributed by atoms with van der Waals surface area (Å²) in [5.41, 5.74) is 1.34. The van der Waals surface area contributed by atoms with Crippen LogP contribution in [0.2, 0.25) is 0 Å². The topological polar surface area (TPSA) is 88.2 Å². The minimum atomic E-state index is -3.69. The van der Waals surface area contributed by atoms with Gasteiger partial charge in [-0.1, -0.05) is 18.2 Å². The van der Waals surface area contributed by atoms with Gasteiger partial charge in [0.25, 0.3) is 10.0 Å². The largest absolute Gasteiger partial charge is 0.381 e. The number of benzene rings is 2. The van der Waals surface area contributed by atoms with Crippen LogP contribution < -0.4 is 4.31 Å². The molecule has 1 aliphatic heterocycles. The van der Waals surface area contributed by atoms with Gasteiger partial charge in [0.05, 0.1) is 27.7 Å². The maximum atomic E-state index is 13.1. The molecule has 2 aromatic carbocycles. The van der Waals surface area contributed by atoms with E-state index in [1.165, 1.54) is 4.31 Å². The minimum Gasteiger partial charge on any atom is -0.381 e. The summed E-state index contributed by atoms with van der Waals surface area (Å²) in [5.74, 6) is 1.16. The normalized spacial score (nSPS) is 15.6. The number of imidazole rings is 1. The summed E-state index contributed by atoms with van der Waals surface area (Å²) in [6, 6.07) is 16.2. The molecule has 3 aromatic rings. The molecule has 0 amide bonds. The summed E-state index contributed by atoms with van der Waals surface area (Å²) in [6.45, 7) is 5.99. The van der Waals surface area contributed by atoms with E-state index in [-0.39, 0.29) is 4.90 Å². The molecule has 1 aromatic heterocycles. The number of sulfonamides is 1. The van der Waals surface area contributed by atoms with E-state index in [4.69, 9.17) is 9.72 Å². The van der Waals surface area contributed by atoms with Crippen molar-refractivity contribution in [1.29, 1.82) is 5.26 Å². The van der Waals surface area contributed by atoms with Gasteiger partial charge in [-0.05, 0) is 62.9 Å². The second-order valence-electron chi connectivity index (χ2n) is 8.80. The number of fused-ring (bicyclic) bond motifs is 1. The predicted octanol–water partition coefficient (Wildman–Crippen LogP) is 4.09. The van der Waals surface area contributed by atoms with Crippen molar-refractivity contribution in [2.45, 2.75) is 43.5 Å². The van der Waals surface area contributed by atoms with Crippen molar-refractivity contribution in [2.24, 2.45) is 5.92 Å². The molecule has 7 nitrogen and oxygen atoms in total. The lowest BCUT2D eigenvalue weighted by Gasteiger charge is -2.25. The van der Waals surface area contributed by atoms with E-state index >= 15 is 0 Å². The number of rotatable bonds is 6. The quantitative estimate of drug-likeness (QED) is 0.562. The first-order valence-corrected chi connectivity index (χ1v) is 12.2. The van der Waals surface area contributed by atoms with Crippen molar-refractivity contribution in [3.05, 3.63) is 54.4 Å². The first-order valence-electron chi connectivity index (χ1n) is 10.8. The fourth-order valence-corrected chi connectivity index (χ4v) is 5.31. The molecule has 0 bridgehead atoms. The van der Waals surface area contributed by atoms with Gasteiger partial charge < -0.3 is 9.30 Å². The predicted molar refractivity (Wildman–Crippen MR) is 124 cm³/mol. The molecule has 1 fully saturated rings. The van der Waals surface area contributed by atoms with Crippen LogP contribution in [0.1, 0.15) is 32.5 Å². The van der Waals surface area contributed by atoms with Crippen molar-refractivity contribution < 1.29 is 13.2 Å². The smallest absolute Gasteiger partial charge is 0.264 e. The third-order valence-electron chi connectivity index (χ3n) is 6.12. The van der Waals surface area contributed by atoms with Crippen LogP contribution in [0.5, 0.6) is 0 Å². The Morgan fingerprint density at radius 3 is 2.53 bits per heavy atom. The Bertz CT molecular complexity index is 1250. The van der Waals surface area contributed by atoms with Crippen molar-refractivity contribution in [3.8, 4) is 6.07 Å². The zero-order valence-corrected chi connectivity index (χ0v) is 19.5. The highest BCUT2D eigenvalue weighted by molar-refractivity contribution is 7.92. The van der Waals surface area contributed by atoms with E-state index < -0.39 is 15.4 Å². The van der Waals surface area contributed by atoms with Crippen molar-refractivity contribution in [3.63, 3.8) is 0 Å². The number of hydrogen-bond acceptors (Lipinski definition) is 5. The van der Waals surface area contributed by atoms with Crippen LogP contribution in [0.25, 0.3) is 11.0 Å². The number of ether oxygens (including phenoxy) is 1.